The number of benzene rings is 2. The molecule has 0 bridgehead atoms. The number of para-hydroxylation sites is 1. The second kappa shape index (κ2) is 7.66. The lowest BCUT2D eigenvalue weighted by Gasteiger charge is -2.07. The van der Waals surface area contributed by atoms with Crippen LogP contribution in [0.2, 0.25) is 5.02 Å². The summed E-state index contributed by atoms with van der Waals surface area (Å²) >= 11 is 5.90. The van der Waals surface area contributed by atoms with Crippen molar-refractivity contribution < 1.29 is 23.0 Å². The molecule has 2 aromatic rings. The second-order valence-corrected chi connectivity index (χ2v) is 5.88. The Balaban J connectivity index is 1.97. The molecule has 1 heterocycles. The van der Waals surface area contributed by atoms with Crippen molar-refractivity contribution in [2.24, 2.45) is 4.99 Å². The largest absolute Gasteiger partial charge is 0.493 e. The summed E-state index contributed by atoms with van der Waals surface area (Å²) in [7, 11) is 0. The third-order valence-corrected chi connectivity index (χ3v) is 3.85. The van der Waals surface area contributed by atoms with Crippen molar-refractivity contribution in [1.82, 2.24) is 0 Å². The lowest BCUT2D eigenvalue weighted by atomic mass is 10.1. The van der Waals surface area contributed by atoms with Crippen molar-refractivity contribution in [1.29, 1.82) is 0 Å². The third-order valence-electron chi connectivity index (χ3n) is 3.53. The number of halogens is 3. The fourth-order valence-corrected chi connectivity index (χ4v) is 2.53. The van der Waals surface area contributed by atoms with Gasteiger partial charge in [0.15, 0.2) is 17.3 Å². The van der Waals surface area contributed by atoms with Gasteiger partial charge in [0, 0.05) is 5.56 Å². The van der Waals surface area contributed by atoms with Crippen LogP contribution in [0.4, 0.5) is 8.78 Å². The van der Waals surface area contributed by atoms with Crippen LogP contribution in [0.15, 0.2) is 47.1 Å². The number of carbonyl (C=O) groups excluding carboxylic acids is 1. The molecule has 1 aliphatic heterocycles. The molecule has 0 saturated heterocycles. The molecule has 2 aromatic carbocycles. The smallest absolute Gasteiger partial charge is 0.363 e. The number of ether oxygens (including phenoxy) is 2. The Morgan fingerprint density at radius 3 is 2.73 bits per heavy atom. The Kier molecular flexibility index (Phi) is 5.32. The predicted molar refractivity (Wildman–Crippen MR) is 94.2 cm³/mol. The summed E-state index contributed by atoms with van der Waals surface area (Å²) in [6.07, 6.45) is 2.35. The van der Waals surface area contributed by atoms with E-state index in [2.05, 4.69) is 4.99 Å². The lowest BCUT2D eigenvalue weighted by molar-refractivity contribution is -0.129. The molecule has 0 unspecified atom stereocenters. The van der Waals surface area contributed by atoms with Crippen LogP contribution in [-0.4, -0.2) is 18.5 Å². The predicted octanol–water partition coefficient (Wildman–Crippen LogP) is 4.75. The van der Waals surface area contributed by atoms with Crippen molar-refractivity contribution in [2.45, 2.75) is 13.3 Å². The van der Waals surface area contributed by atoms with Gasteiger partial charge < -0.3 is 9.47 Å². The summed E-state index contributed by atoms with van der Waals surface area (Å²) in [4.78, 5) is 16.2. The summed E-state index contributed by atoms with van der Waals surface area (Å²) in [5.74, 6) is -2.51. The summed E-state index contributed by atoms with van der Waals surface area (Å²) in [6.45, 7) is 2.52. The minimum absolute atomic E-state index is 0.00200. The van der Waals surface area contributed by atoms with E-state index < -0.39 is 17.6 Å². The number of hydrogen-bond donors (Lipinski definition) is 0. The zero-order valence-corrected chi connectivity index (χ0v) is 14.5. The Labute approximate surface area is 153 Å². The Bertz CT molecular complexity index is 925. The molecule has 0 fully saturated rings. The van der Waals surface area contributed by atoms with Gasteiger partial charge in [0.05, 0.1) is 17.2 Å². The van der Waals surface area contributed by atoms with Crippen molar-refractivity contribution in [3.8, 4) is 5.75 Å². The number of carbonyl (C=O) groups is 1. The number of esters is 1. The summed E-state index contributed by atoms with van der Waals surface area (Å²) in [5.41, 5.74) is 0.653. The molecule has 4 nitrogen and oxygen atoms in total. The average molecular weight is 378 g/mol. The number of aliphatic imine (C=N–C) groups is 1. The first-order valence-corrected chi connectivity index (χ1v) is 8.26. The van der Waals surface area contributed by atoms with Crippen molar-refractivity contribution >= 4 is 29.5 Å². The van der Waals surface area contributed by atoms with E-state index in [9.17, 15) is 13.6 Å². The molecule has 0 saturated carbocycles. The van der Waals surface area contributed by atoms with E-state index in [0.717, 1.165) is 18.6 Å². The fraction of sp³-hybridized carbons (Fsp3) is 0.158. The van der Waals surface area contributed by atoms with Crippen LogP contribution in [0.25, 0.3) is 6.08 Å². The molecule has 7 heteroatoms. The number of hydrogen-bond acceptors (Lipinski definition) is 4. The second-order valence-electron chi connectivity index (χ2n) is 5.47. The van der Waals surface area contributed by atoms with Crippen molar-refractivity contribution in [3.05, 3.63) is 69.9 Å². The average Bonchev–Trinajstić information content (AvgIpc) is 2.98. The van der Waals surface area contributed by atoms with Gasteiger partial charge in [-0.2, -0.15) is 0 Å². The SMILES string of the molecule is CCCOc1ccccc1/C=C1\N=C(c2cc(F)c(F)cc2Cl)OC1=O. The van der Waals surface area contributed by atoms with E-state index in [1.165, 1.54) is 6.08 Å². The van der Waals surface area contributed by atoms with Crippen LogP contribution < -0.4 is 4.74 Å². The van der Waals surface area contributed by atoms with Crippen LogP contribution >= 0.6 is 11.6 Å². The van der Waals surface area contributed by atoms with E-state index in [1.807, 2.05) is 13.0 Å². The normalized spacial score (nSPS) is 15.2. The van der Waals surface area contributed by atoms with Crippen molar-refractivity contribution in [2.75, 3.05) is 6.61 Å². The molecule has 1 aliphatic rings. The monoisotopic (exact) mass is 377 g/mol. The van der Waals surface area contributed by atoms with Gasteiger partial charge in [0.2, 0.25) is 5.90 Å². The molecule has 26 heavy (non-hydrogen) atoms. The van der Waals surface area contributed by atoms with E-state index in [1.54, 1.807) is 18.2 Å². The van der Waals surface area contributed by atoms with Gasteiger partial charge >= 0.3 is 5.97 Å². The lowest BCUT2D eigenvalue weighted by Crippen LogP contribution is -2.07. The molecule has 0 spiro atoms. The highest BCUT2D eigenvalue weighted by Crippen LogP contribution is 2.27. The van der Waals surface area contributed by atoms with E-state index in [0.29, 0.717) is 17.9 Å². The first-order chi connectivity index (χ1) is 12.5. The van der Waals surface area contributed by atoms with Gasteiger partial charge in [-0.1, -0.05) is 36.7 Å². The van der Waals surface area contributed by atoms with Crippen LogP contribution in [0.1, 0.15) is 24.5 Å². The summed E-state index contributed by atoms with van der Waals surface area (Å²) in [5, 5.41) is -0.108. The molecular weight excluding hydrogens is 364 g/mol. The molecule has 0 N–H and O–H groups in total. The summed E-state index contributed by atoms with van der Waals surface area (Å²) < 4.78 is 37.4. The highest BCUT2D eigenvalue weighted by atomic mass is 35.5. The maximum absolute atomic E-state index is 13.5. The zero-order valence-electron chi connectivity index (χ0n) is 13.8. The fourth-order valence-electron chi connectivity index (χ4n) is 2.30. The molecule has 0 amide bonds. The molecule has 3 rings (SSSR count). The first kappa shape index (κ1) is 18.1. The van der Waals surface area contributed by atoms with Crippen LogP contribution in [0.3, 0.4) is 0 Å². The van der Waals surface area contributed by atoms with Crippen molar-refractivity contribution in [3.63, 3.8) is 0 Å². The maximum Gasteiger partial charge on any atom is 0.363 e. The van der Waals surface area contributed by atoms with Crippen LogP contribution in [-0.2, 0) is 9.53 Å². The third kappa shape index (κ3) is 3.75. The number of cyclic esters (lactones) is 1. The standard InChI is InChI=1S/C19H14ClF2NO3/c1-2-7-25-17-6-4-3-5-11(17)8-16-19(24)26-18(23-16)12-9-14(21)15(22)10-13(12)20/h3-6,8-10H,2,7H2,1H3/b16-8-. The van der Waals surface area contributed by atoms with E-state index in [-0.39, 0.29) is 22.2 Å². The Morgan fingerprint density at radius 1 is 1.23 bits per heavy atom. The Hall–Kier alpha value is -2.73. The Morgan fingerprint density at radius 2 is 1.96 bits per heavy atom. The summed E-state index contributed by atoms with van der Waals surface area (Å²) in [6, 6.07) is 8.80. The highest BCUT2D eigenvalue weighted by molar-refractivity contribution is 6.34. The highest BCUT2D eigenvalue weighted by Gasteiger charge is 2.27. The topological polar surface area (TPSA) is 47.9 Å². The first-order valence-electron chi connectivity index (χ1n) is 7.89. The van der Waals surface area contributed by atoms with Crippen LogP contribution in [0, 0.1) is 11.6 Å². The number of rotatable bonds is 5. The molecule has 134 valence electrons. The minimum atomic E-state index is -1.11. The number of nitrogens with zero attached hydrogens (tertiary/aromatic N) is 1. The van der Waals surface area contributed by atoms with E-state index >= 15 is 0 Å². The van der Waals surface area contributed by atoms with Gasteiger partial charge in [0.25, 0.3) is 0 Å². The van der Waals surface area contributed by atoms with Gasteiger partial charge in [-0.15, -0.1) is 0 Å². The molecule has 0 atom stereocenters. The van der Waals surface area contributed by atoms with Crippen LogP contribution in [0.5, 0.6) is 5.75 Å². The van der Waals surface area contributed by atoms with Gasteiger partial charge in [-0.05, 0) is 30.7 Å². The molecule has 0 aromatic heterocycles. The quantitative estimate of drug-likeness (QED) is 0.429. The van der Waals surface area contributed by atoms with Gasteiger partial charge in [-0.3, -0.25) is 0 Å². The van der Waals surface area contributed by atoms with E-state index in [4.69, 9.17) is 21.1 Å². The molecule has 0 aliphatic carbocycles. The van der Waals surface area contributed by atoms with Gasteiger partial charge in [-0.25, -0.2) is 18.6 Å². The van der Waals surface area contributed by atoms with Gasteiger partial charge in [0.1, 0.15) is 5.75 Å². The molecular formula is C19H14ClF2NO3. The minimum Gasteiger partial charge on any atom is -0.493 e. The zero-order chi connectivity index (χ0) is 18.7. The maximum atomic E-state index is 13.5. The molecule has 0 radical (unpaired) electrons.